The van der Waals surface area contributed by atoms with Gasteiger partial charge in [-0.1, -0.05) is 120 Å². The van der Waals surface area contributed by atoms with E-state index in [1.165, 1.54) is 10.4 Å². The summed E-state index contributed by atoms with van der Waals surface area (Å²) in [5.74, 6) is 0.489. The van der Waals surface area contributed by atoms with E-state index in [0.29, 0.717) is 43.9 Å². The van der Waals surface area contributed by atoms with E-state index in [2.05, 4.69) is 107 Å². The predicted molar refractivity (Wildman–Crippen MR) is 247 cm³/mol. The lowest BCUT2D eigenvalue weighted by molar-refractivity contribution is -0.179. The molecule has 0 N–H and O–H groups in total. The molecule has 334 valence electrons. The van der Waals surface area contributed by atoms with E-state index >= 15 is 0 Å². The second-order valence-corrected chi connectivity index (χ2v) is 23.4. The van der Waals surface area contributed by atoms with Crippen LogP contribution in [0.5, 0.6) is 0 Å². The third kappa shape index (κ3) is 10.2. The Bertz CT molecular complexity index is 2230. The number of carbonyl (C=O) groups is 1. The van der Waals surface area contributed by atoms with E-state index in [-0.39, 0.29) is 65.6 Å². The summed E-state index contributed by atoms with van der Waals surface area (Å²) in [5, 5.41) is 2.30. The number of rotatable bonds is 6. The zero-order valence-corrected chi connectivity index (χ0v) is 38.9. The Hall–Kier alpha value is -4.65. The van der Waals surface area contributed by atoms with Gasteiger partial charge in [-0.15, -0.1) is 0 Å². The molecule has 0 radical (unpaired) electrons. The molecule has 0 unspecified atom stereocenters. The van der Waals surface area contributed by atoms with E-state index in [9.17, 15) is 4.79 Å². The van der Waals surface area contributed by atoms with Crippen LogP contribution in [0.1, 0.15) is 116 Å². The zero-order valence-electron chi connectivity index (χ0n) is 37.9. The molecule has 10 atom stereocenters. The van der Waals surface area contributed by atoms with Crippen molar-refractivity contribution in [1.82, 2.24) is 9.97 Å². The molecule has 4 aliphatic heterocycles. The molecule has 0 saturated carbocycles. The minimum absolute atomic E-state index is 0.0969. The van der Waals surface area contributed by atoms with Crippen LogP contribution in [-0.2, 0) is 28.2 Å². The van der Waals surface area contributed by atoms with Crippen molar-refractivity contribution in [2.45, 2.75) is 147 Å². The number of carbonyl (C=O) groups excluding carboxylic acids is 1. The SMILES string of the molecule is C=C1C[C@@H]2C[C@@H]3C[C@@H](O[Si](c4ccccc4)(c4ccccc4)C(C)(C)C)C[C@@H](O3)c3coc(n3)/C=C/C[C@H]3O[C@@H](/C(C)=C/c4coc(C)n4)[C@H](C)[C@@H](OC(=O)/C=C\C[C@@H](C1)O2)[C@H]3C. The largest absolute Gasteiger partial charge is 0.458 e. The van der Waals surface area contributed by atoms with Crippen LogP contribution in [0.25, 0.3) is 12.2 Å². The van der Waals surface area contributed by atoms with Crippen LogP contribution in [-0.4, -0.2) is 67.0 Å². The first-order chi connectivity index (χ1) is 30.3. The van der Waals surface area contributed by atoms with Gasteiger partial charge in [0.2, 0.25) is 5.89 Å². The lowest BCUT2D eigenvalue weighted by Crippen LogP contribution is -2.68. The third-order valence-electron chi connectivity index (χ3n) is 13.3. The molecule has 8 rings (SSSR count). The molecule has 63 heavy (non-hydrogen) atoms. The molecule has 2 aromatic heterocycles. The van der Waals surface area contributed by atoms with E-state index < -0.39 is 14.4 Å². The van der Waals surface area contributed by atoms with Gasteiger partial charge in [-0.25, -0.2) is 14.8 Å². The van der Waals surface area contributed by atoms with Crippen LogP contribution in [0.3, 0.4) is 0 Å². The quantitative estimate of drug-likeness (QED) is 0.105. The Labute approximate surface area is 373 Å². The molecule has 11 heteroatoms. The van der Waals surface area contributed by atoms with E-state index in [0.717, 1.165) is 35.4 Å². The summed E-state index contributed by atoms with van der Waals surface area (Å²) in [6.45, 7) is 19.4. The van der Waals surface area contributed by atoms with Crippen LogP contribution in [0.2, 0.25) is 5.04 Å². The summed E-state index contributed by atoms with van der Waals surface area (Å²) in [6.07, 6.45) is 15.5. The van der Waals surface area contributed by atoms with Gasteiger partial charge >= 0.3 is 5.97 Å². The number of oxazole rings is 2. The summed E-state index contributed by atoms with van der Waals surface area (Å²) in [7, 11) is -2.89. The van der Waals surface area contributed by atoms with Crippen LogP contribution in [0.4, 0.5) is 0 Å². The fraction of sp³-hybridized carbons (Fsp3) is 0.481. The van der Waals surface area contributed by atoms with Crippen LogP contribution >= 0.6 is 0 Å². The fourth-order valence-corrected chi connectivity index (χ4v) is 15.1. The maximum Gasteiger partial charge on any atom is 0.330 e. The number of aryl methyl sites for hydroxylation is 1. The molecular weight excluding hydrogens is 809 g/mol. The maximum absolute atomic E-state index is 13.6. The van der Waals surface area contributed by atoms with Gasteiger partial charge in [-0.3, -0.25) is 0 Å². The first-order valence-electron chi connectivity index (χ1n) is 22.8. The minimum Gasteiger partial charge on any atom is -0.458 e. The topological polar surface area (TPSA) is 115 Å². The molecule has 8 bridgehead atoms. The molecule has 4 aliphatic rings. The second-order valence-electron chi connectivity index (χ2n) is 19.2. The van der Waals surface area contributed by atoms with Crippen molar-refractivity contribution in [3.8, 4) is 0 Å². The Balaban J connectivity index is 1.12. The first kappa shape index (κ1) is 44.9. The van der Waals surface area contributed by atoms with Crippen molar-refractivity contribution in [2.24, 2.45) is 11.8 Å². The average molecular weight is 873 g/mol. The standard InChI is InChI=1S/C52H64N2O8Si/c1-33-25-39-17-15-24-49(55)61-51-35(3)46(60-50(36(51)4)34(2)27-38-31-56-37(5)53-38)22-16-23-48-54-45(32-57-48)47-30-42(29-41(59-47)28-40(26-33)58-39)62-63(52(6,7)8,43-18-11-9-12-19-43)44-20-13-10-14-21-44/h9-16,18-21,23-24,27,31-32,35-36,39-42,46-47,50-51H,1,17,22,25-26,28-30H2,2-8H3/b23-16+,24-15-,34-27+/t35-,36-,39-,40+,41+,42+,46+,47+,50-,51-/m0/s1. The first-order valence-corrected chi connectivity index (χ1v) is 24.7. The number of benzene rings is 2. The zero-order chi connectivity index (χ0) is 44.3. The van der Waals surface area contributed by atoms with Gasteiger partial charge in [0.1, 0.15) is 36.1 Å². The number of fused-ring (bicyclic) bond motifs is 9. The molecule has 0 amide bonds. The van der Waals surface area contributed by atoms with Gasteiger partial charge in [-0.2, -0.15) is 0 Å². The van der Waals surface area contributed by atoms with Crippen molar-refractivity contribution in [3.63, 3.8) is 0 Å². The number of hydrogen-bond acceptors (Lipinski definition) is 10. The monoisotopic (exact) mass is 872 g/mol. The average Bonchev–Trinajstić information content (AvgIpc) is 3.90. The Morgan fingerprint density at radius 3 is 2.19 bits per heavy atom. The summed E-state index contributed by atoms with van der Waals surface area (Å²) >= 11 is 0. The molecular formula is C52H64N2O8Si. The summed E-state index contributed by atoms with van der Waals surface area (Å²) in [5.41, 5.74) is 3.57. The highest BCUT2D eigenvalue weighted by atomic mass is 28.4. The van der Waals surface area contributed by atoms with Gasteiger partial charge in [0.25, 0.3) is 8.32 Å². The van der Waals surface area contributed by atoms with Gasteiger partial charge in [0.15, 0.2) is 5.89 Å². The molecule has 0 aliphatic carbocycles. The Morgan fingerprint density at radius 1 is 0.810 bits per heavy atom. The van der Waals surface area contributed by atoms with Crippen molar-refractivity contribution >= 4 is 36.8 Å². The smallest absolute Gasteiger partial charge is 0.330 e. The molecule has 3 fully saturated rings. The highest BCUT2D eigenvalue weighted by Crippen LogP contribution is 2.43. The summed E-state index contributed by atoms with van der Waals surface area (Å²) < 4.78 is 46.3. The van der Waals surface area contributed by atoms with Gasteiger partial charge in [-0.05, 0) is 72.2 Å². The molecule has 4 aromatic rings. The lowest BCUT2D eigenvalue weighted by atomic mass is 9.79. The maximum atomic E-state index is 13.6. The molecule has 2 aromatic carbocycles. The van der Waals surface area contributed by atoms with Crippen LogP contribution in [0, 0.1) is 18.8 Å². The third-order valence-corrected chi connectivity index (χ3v) is 18.4. The van der Waals surface area contributed by atoms with Gasteiger partial charge in [0.05, 0.1) is 36.6 Å². The van der Waals surface area contributed by atoms with Gasteiger partial charge in [0, 0.05) is 37.7 Å². The summed E-state index contributed by atoms with van der Waals surface area (Å²) in [4.78, 5) is 23.0. The lowest BCUT2D eigenvalue weighted by Gasteiger charge is -2.47. The minimum atomic E-state index is -2.89. The number of hydrogen-bond donors (Lipinski definition) is 0. The summed E-state index contributed by atoms with van der Waals surface area (Å²) in [6, 6.07) is 21.6. The van der Waals surface area contributed by atoms with E-state index in [1.807, 2.05) is 38.2 Å². The number of nitrogens with zero attached hydrogens (tertiary/aromatic N) is 2. The Morgan fingerprint density at radius 2 is 1.51 bits per heavy atom. The second kappa shape index (κ2) is 19.2. The van der Waals surface area contributed by atoms with Gasteiger partial charge < -0.3 is 32.2 Å². The van der Waals surface area contributed by atoms with Crippen molar-refractivity contribution in [1.29, 1.82) is 0 Å². The predicted octanol–water partition coefficient (Wildman–Crippen LogP) is 10.0. The molecule has 3 saturated heterocycles. The van der Waals surface area contributed by atoms with E-state index in [4.69, 9.17) is 37.2 Å². The van der Waals surface area contributed by atoms with Crippen molar-refractivity contribution < 1.29 is 37.0 Å². The number of ether oxygens (including phenoxy) is 4. The molecule has 6 heterocycles. The van der Waals surface area contributed by atoms with Crippen LogP contribution < -0.4 is 10.4 Å². The molecule has 0 spiro atoms. The number of esters is 1. The van der Waals surface area contributed by atoms with E-state index in [1.54, 1.807) is 18.6 Å². The Kier molecular flexibility index (Phi) is 13.7. The highest BCUT2D eigenvalue weighted by Gasteiger charge is 2.53. The van der Waals surface area contributed by atoms with Crippen molar-refractivity contribution in [3.05, 3.63) is 132 Å². The highest BCUT2D eigenvalue weighted by molar-refractivity contribution is 6.99. The van der Waals surface area contributed by atoms with Crippen molar-refractivity contribution in [2.75, 3.05) is 0 Å². The fourth-order valence-electron chi connectivity index (χ4n) is 10.4. The van der Waals surface area contributed by atoms with Crippen LogP contribution in [0.15, 0.2) is 118 Å². The molecule has 10 nitrogen and oxygen atoms in total. The normalized spacial score (nSPS) is 31.1. The number of aromatic nitrogens is 2.